The Morgan fingerprint density at radius 1 is 1.45 bits per heavy atom. The van der Waals surface area contributed by atoms with Crippen LogP contribution in [0.1, 0.15) is 31.9 Å². The van der Waals surface area contributed by atoms with Crippen molar-refractivity contribution in [3.63, 3.8) is 0 Å². The number of rotatable bonds is 5. The van der Waals surface area contributed by atoms with Crippen molar-refractivity contribution in [2.45, 2.75) is 32.8 Å². The molecule has 0 radical (unpaired) electrons. The molecule has 0 unspecified atom stereocenters. The molecule has 0 bridgehead atoms. The predicted octanol–water partition coefficient (Wildman–Crippen LogP) is 2.30. The molecule has 1 aromatic rings. The lowest BCUT2D eigenvalue weighted by Crippen LogP contribution is -2.33. The van der Waals surface area contributed by atoms with E-state index in [9.17, 15) is 14.9 Å². The summed E-state index contributed by atoms with van der Waals surface area (Å²) in [5.41, 5.74) is 5.82. The van der Waals surface area contributed by atoms with Gasteiger partial charge in [0.05, 0.1) is 10.5 Å². The molecule has 0 saturated carbocycles. The Bertz CT molecular complexity index is 596. The molecular weight excluding hydrogens is 306 g/mol. The molecule has 1 aromatic carbocycles. The maximum Gasteiger partial charge on any atom is 0.407 e. The maximum absolute atomic E-state index is 11.5. The number of thiocarbonyl (C=S) groups is 1. The Hall–Kier alpha value is -2.22. The van der Waals surface area contributed by atoms with Crippen LogP contribution in [0.3, 0.4) is 0 Å². The summed E-state index contributed by atoms with van der Waals surface area (Å²) in [4.78, 5) is 21.8. The van der Waals surface area contributed by atoms with Gasteiger partial charge >= 0.3 is 6.09 Å². The van der Waals surface area contributed by atoms with Gasteiger partial charge in [0.2, 0.25) is 0 Å². The number of alkyl carbamates (subject to hydrolysis) is 1. The first-order valence-corrected chi connectivity index (χ1v) is 7.05. The molecule has 0 aliphatic rings. The van der Waals surface area contributed by atoms with Crippen LogP contribution in [-0.4, -0.2) is 28.2 Å². The molecule has 8 heteroatoms. The minimum atomic E-state index is -0.559. The molecule has 3 N–H and O–H groups in total. The number of nitro benzene ring substituents is 1. The Balaban J connectivity index is 2.68. The topological polar surface area (TPSA) is 107 Å². The second-order valence-corrected chi connectivity index (χ2v) is 6.09. The van der Waals surface area contributed by atoms with Crippen LogP contribution >= 0.6 is 12.2 Å². The highest BCUT2D eigenvalue weighted by molar-refractivity contribution is 7.80. The van der Waals surface area contributed by atoms with Crippen molar-refractivity contribution in [3.05, 3.63) is 39.4 Å². The van der Waals surface area contributed by atoms with E-state index in [-0.39, 0.29) is 16.2 Å². The van der Waals surface area contributed by atoms with E-state index in [0.29, 0.717) is 13.0 Å². The van der Waals surface area contributed by atoms with Gasteiger partial charge in [0.1, 0.15) is 10.6 Å². The van der Waals surface area contributed by atoms with Gasteiger partial charge < -0.3 is 15.8 Å². The standard InChI is InChI=1S/C14H19N3O4S/c1-14(2,3)21-13(18)16-7-6-9-4-5-11(17(19)20)10(8-9)12(15)22/h4-5,8H,6-7H2,1-3H3,(H2,15,22)(H,16,18). The molecule has 0 aliphatic heterocycles. The van der Waals surface area contributed by atoms with Gasteiger partial charge in [-0.3, -0.25) is 10.1 Å². The molecule has 120 valence electrons. The van der Waals surface area contributed by atoms with Crippen LogP contribution in [-0.2, 0) is 11.2 Å². The molecule has 7 nitrogen and oxygen atoms in total. The van der Waals surface area contributed by atoms with Crippen LogP contribution in [0, 0.1) is 10.1 Å². The number of nitrogens with zero attached hydrogens (tertiary/aromatic N) is 1. The number of nitrogens with two attached hydrogens (primary N) is 1. The Morgan fingerprint density at radius 3 is 2.59 bits per heavy atom. The zero-order chi connectivity index (χ0) is 16.9. The smallest absolute Gasteiger partial charge is 0.407 e. The summed E-state index contributed by atoms with van der Waals surface area (Å²) in [7, 11) is 0. The van der Waals surface area contributed by atoms with Crippen LogP contribution in [0.15, 0.2) is 18.2 Å². The number of carbonyl (C=O) groups excluding carboxylic acids is 1. The predicted molar refractivity (Wildman–Crippen MR) is 86.9 cm³/mol. The van der Waals surface area contributed by atoms with E-state index >= 15 is 0 Å². The number of nitrogens with one attached hydrogen (secondary N) is 1. The summed E-state index contributed by atoms with van der Waals surface area (Å²) >= 11 is 4.83. The van der Waals surface area contributed by atoms with E-state index < -0.39 is 16.6 Å². The number of hydrogen-bond donors (Lipinski definition) is 2. The van der Waals surface area contributed by atoms with E-state index in [4.69, 9.17) is 22.7 Å². The third-order valence-electron chi connectivity index (χ3n) is 2.61. The summed E-state index contributed by atoms with van der Waals surface area (Å²) < 4.78 is 5.11. The molecule has 0 aromatic heterocycles. The zero-order valence-electron chi connectivity index (χ0n) is 12.7. The fourth-order valence-corrected chi connectivity index (χ4v) is 1.88. The van der Waals surface area contributed by atoms with Crippen LogP contribution in [0.25, 0.3) is 0 Å². The second kappa shape index (κ2) is 7.17. The quantitative estimate of drug-likeness (QED) is 0.488. The summed E-state index contributed by atoms with van der Waals surface area (Å²) in [6.07, 6.45) is -0.0312. The van der Waals surface area contributed by atoms with Crippen LogP contribution in [0.2, 0.25) is 0 Å². The van der Waals surface area contributed by atoms with Gasteiger partial charge in [-0.2, -0.15) is 0 Å². The molecule has 22 heavy (non-hydrogen) atoms. The molecule has 1 amide bonds. The lowest BCUT2D eigenvalue weighted by Gasteiger charge is -2.19. The lowest BCUT2D eigenvalue weighted by atomic mass is 10.1. The fraction of sp³-hybridized carbons (Fsp3) is 0.429. The third kappa shape index (κ3) is 5.65. The average molecular weight is 325 g/mol. The van der Waals surface area contributed by atoms with Gasteiger partial charge in [-0.15, -0.1) is 0 Å². The van der Waals surface area contributed by atoms with Gasteiger partial charge in [0.15, 0.2) is 0 Å². The van der Waals surface area contributed by atoms with E-state index in [0.717, 1.165) is 5.56 Å². The largest absolute Gasteiger partial charge is 0.444 e. The van der Waals surface area contributed by atoms with Gasteiger partial charge in [0, 0.05) is 12.6 Å². The third-order valence-corrected chi connectivity index (χ3v) is 2.82. The van der Waals surface area contributed by atoms with Crippen molar-refractivity contribution in [3.8, 4) is 0 Å². The molecule has 0 aliphatic carbocycles. The number of benzene rings is 1. The first-order chi connectivity index (χ1) is 10.1. The number of carbonyl (C=O) groups is 1. The van der Waals surface area contributed by atoms with E-state index in [1.54, 1.807) is 32.9 Å². The molecule has 1 rings (SSSR count). The molecular formula is C14H19N3O4S. The lowest BCUT2D eigenvalue weighted by molar-refractivity contribution is -0.385. The minimum Gasteiger partial charge on any atom is -0.444 e. The monoisotopic (exact) mass is 325 g/mol. The first-order valence-electron chi connectivity index (χ1n) is 6.64. The summed E-state index contributed by atoms with van der Waals surface area (Å²) in [6.45, 7) is 5.66. The van der Waals surface area contributed by atoms with Crippen molar-refractivity contribution in [1.82, 2.24) is 5.32 Å². The highest BCUT2D eigenvalue weighted by Crippen LogP contribution is 2.20. The fourth-order valence-electron chi connectivity index (χ4n) is 1.72. The first kappa shape index (κ1) is 17.8. The van der Waals surface area contributed by atoms with Crippen molar-refractivity contribution < 1.29 is 14.5 Å². The Kier molecular flexibility index (Phi) is 5.81. The average Bonchev–Trinajstić information content (AvgIpc) is 2.36. The van der Waals surface area contributed by atoms with Crippen LogP contribution in [0.5, 0.6) is 0 Å². The summed E-state index contributed by atoms with van der Waals surface area (Å²) in [5, 5.41) is 13.5. The number of amides is 1. The normalized spacial score (nSPS) is 10.9. The zero-order valence-corrected chi connectivity index (χ0v) is 13.5. The summed E-state index contributed by atoms with van der Waals surface area (Å²) in [5.74, 6) is 0. The van der Waals surface area contributed by atoms with Gasteiger partial charge in [-0.05, 0) is 38.8 Å². The highest BCUT2D eigenvalue weighted by atomic mass is 32.1. The molecule has 0 spiro atoms. The Labute approximate surface area is 134 Å². The van der Waals surface area contributed by atoms with E-state index in [1.165, 1.54) is 6.07 Å². The molecule has 0 saturated heterocycles. The molecule has 0 atom stereocenters. The number of hydrogen-bond acceptors (Lipinski definition) is 5. The minimum absolute atomic E-state index is 0.0337. The SMILES string of the molecule is CC(C)(C)OC(=O)NCCc1ccc([N+](=O)[O-])c(C(N)=S)c1. The van der Waals surface area contributed by atoms with Crippen molar-refractivity contribution in [1.29, 1.82) is 0 Å². The molecule has 0 heterocycles. The van der Waals surface area contributed by atoms with E-state index in [1.807, 2.05) is 0 Å². The van der Waals surface area contributed by atoms with Gasteiger partial charge in [-0.25, -0.2) is 4.79 Å². The highest BCUT2D eigenvalue weighted by Gasteiger charge is 2.17. The summed E-state index contributed by atoms with van der Waals surface area (Å²) in [6, 6.07) is 4.53. The number of nitro groups is 1. The maximum atomic E-state index is 11.5. The van der Waals surface area contributed by atoms with Crippen molar-refractivity contribution in [2.24, 2.45) is 5.73 Å². The second-order valence-electron chi connectivity index (χ2n) is 5.65. The Morgan fingerprint density at radius 2 is 2.09 bits per heavy atom. The van der Waals surface area contributed by atoms with Crippen molar-refractivity contribution >= 4 is 29.0 Å². The van der Waals surface area contributed by atoms with Crippen LogP contribution in [0.4, 0.5) is 10.5 Å². The van der Waals surface area contributed by atoms with Gasteiger partial charge in [-0.1, -0.05) is 18.3 Å². The van der Waals surface area contributed by atoms with Crippen molar-refractivity contribution in [2.75, 3.05) is 6.54 Å². The van der Waals surface area contributed by atoms with Gasteiger partial charge in [0.25, 0.3) is 5.69 Å². The number of ether oxygens (including phenoxy) is 1. The van der Waals surface area contributed by atoms with E-state index in [2.05, 4.69) is 5.32 Å². The van der Waals surface area contributed by atoms with Crippen LogP contribution < -0.4 is 11.1 Å². The molecule has 0 fully saturated rings.